The summed E-state index contributed by atoms with van der Waals surface area (Å²) in [5, 5.41) is 18.6. The average molecular weight is 248 g/mol. The molecular weight excluding hydrogens is 238 g/mol. The Morgan fingerprint density at radius 2 is 2.15 bits per heavy atom. The van der Waals surface area contributed by atoms with E-state index in [1.54, 1.807) is 6.07 Å². The summed E-state index contributed by atoms with van der Waals surface area (Å²) >= 11 is 3.24. The third-order valence-corrected chi connectivity index (χ3v) is 2.34. The van der Waals surface area contributed by atoms with Crippen molar-refractivity contribution in [2.45, 2.75) is 6.54 Å². The molecular formula is C8H10BrNO3. The van der Waals surface area contributed by atoms with Crippen molar-refractivity contribution in [3.8, 4) is 11.5 Å². The van der Waals surface area contributed by atoms with Crippen molar-refractivity contribution < 1.29 is 15.1 Å². The van der Waals surface area contributed by atoms with Crippen LogP contribution in [0.5, 0.6) is 11.5 Å². The molecule has 0 heterocycles. The fourth-order valence-electron chi connectivity index (χ4n) is 0.912. The monoisotopic (exact) mass is 247 g/mol. The van der Waals surface area contributed by atoms with Crippen LogP contribution in [-0.2, 0) is 11.4 Å². The zero-order valence-corrected chi connectivity index (χ0v) is 8.63. The molecule has 0 bridgehead atoms. The van der Waals surface area contributed by atoms with E-state index in [9.17, 15) is 10.2 Å². The van der Waals surface area contributed by atoms with Gasteiger partial charge in [0, 0.05) is 10.0 Å². The number of rotatable bonds is 3. The lowest BCUT2D eigenvalue weighted by molar-refractivity contribution is 0.0859. The van der Waals surface area contributed by atoms with Gasteiger partial charge in [-0.3, -0.25) is 0 Å². The molecule has 1 rings (SSSR count). The first-order valence-corrected chi connectivity index (χ1v) is 4.41. The Morgan fingerprint density at radius 1 is 1.46 bits per heavy atom. The van der Waals surface area contributed by atoms with Crippen LogP contribution in [0.1, 0.15) is 5.56 Å². The molecule has 0 unspecified atom stereocenters. The normalized spacial score (nSPS) is 10.3. The number of hydroxylamine groups is 1. The van der Waals surface area contributed by atoms with Crippen molar-refractivity contribution in [1.82, 2.24) is 5.48 Å². The molecule has 0 radical (unpaired) electrons. The maximum absolute atomic E-state index is 9.43. The maximum atomic E-state index is 9.43. The lowest BCUT2D eigenvalue weighted by atomic mass is 10.2. The second-order valence-electron chi connectivity index (χ2n) is 2.42. The zero-order chi connectivity index (χ0) is 9.84. The summed E-state index contributed by atoms with van der Waals surface area (Å²) in [7, 11) is 1.48. The zero-order valence-electron chi connectivity index (χ0n) is 7.04. The number of hydrogen-bond acceptors (Lipinski definition) is 4. The summed E-state index contributed by atoms with van der Waals surface area (Å²) in [5.74, 6) is -0.282. The first kappa shape index (κ1) is 10.3. The predicted octanol–water partition coefficient (Wildman–Crippen LogP) is 1.51. The molecule has 1 aromatic carbocycles. The van der Waals surface area contributed by atoms with Gasteiger partial charge in [0.2, 0.25) is 0 Å². The Morgan fingerprint density at radius 3 is 2.77 bits per heavy atom. The Hall–Kier alpha value is -0.780. The number of phenolic OH excluding ortho intramolecular Hbond substituents is 2. The van der Waals surface area contributed by atoms with Crippen molar-refractivity contribution in [2.75, 3.05) is 7.11 Å². The van der Waals surface area contributed by atoms with Crippen molar-refractivity contribution in [2.24, 2.45) is 0 Å². The van der Waals surface area contributed by atoms with E-state index in [-0.39, 0.29) is 11.5 Å². The van der Waals surface area contributed by atoms with E-state index in [0.29, 0.717) is 16.6 Å². The summed E-state index contributed by atoms with van der Waals surface area (Å²) in [6.45, 7) is 0.317. The van der Waals surface area contributed by atoms with Crippen molar-refractivity contribution in [3.63, 3.8) is 0 Å². The van der Waals surface area contributed by atoms with E-state index in [2.05, 4.69) is 26.2 Å². The van der Waals surface area contributed by atoms with Crippen LogP contribution < -0.4 is 5.48 Å². The summed E-state index contributed by atoms with van der Waals surface area (Å²) in [5.41, 5.74) is 3.13. The molecule has 1 aromatic rings. The Balaban J connectivity index is 2.96. The molecule has 0 aromatic heterocycles. The highest BCUT2D eigenvalue weighted by Gasteiger charge is 2.09. The standard InChI is InChI=1S/C8H10BrNO3/c1-13-10-4-5-6(9)2-3-7(11)8(5)12/h2-3,10-12H,4H2,1H3. The third-order valence-electron chi connectivity index (χ3n) is 1.60. The number of aromatic hydroxyl groups is 2. The van der Waals surface area contributed by atoms with Crippen molar-refractivity contribution in [1.29, 1.82) is 0 Å². The van der Waals surface area contributed by atoms with Crippen LogP contribution in [0.4, 0.5) is 0 Å². The number of benzene rings is 1. The van der Waals surface area contributed by atoms with Gasteiger partial charge in [-0.2, -0.15) is 5.48 Å². The van der Waals surface area contributed by atoms with Gasteiger partial charge < -0.3 is 15.1 Å². The molecule has 0 atom stereocenters. The summed E-state index contributed by atoms with van der Waals surface area (Å²) in [6.07, 6.45) is 0. The van der Waals surface area contributed by atoms with Gasteiger partial charge in [-0.05, 0) is 12.1 Å². The molecule has 0 spiro atoms. The van der Waals surface area contributed by atoms with Gasteiger partial charge in [0.15, 0.2) is 11.5 Å². The average Bonchev–Trinajstić information content (AvgIpc) is 2.12. The van der Waals surface area contributed by atoms with Crippen molar-refractivity contribution >= 4 is 15.9 Å². The Kier molecular flexibility index (Phi) is 3.53. The lowest BCUT2D eigenvalue weighted by Gasteiger charge is -2.08. The van der Waals surface area contributed by atoms with E-state index in [1.165, 1.54) is 13.2 Å². The molecule has 0 saturated carbocycles. The minimum atomic E-state index is -0.142. The number of hydrogen-bond donors (Lipinski definition) is 3. The van der Waals surface area contributed by atoms with Crippen LogP contribution in [0.3, 0.4) is 0 Å². The van der Waals surface area contributed by atoms with Gasteiger partial charge in [-0.1, -0.05) is 15.9 Å². The van der Waals surface area contributed by atoms with Crippen LogP contribution in [0.15, 0.2) is 16.6 Å². The molecule has 3 N–H and O–H groups in total. The predicted molar refractivity (Wildman–Crippen MR) is 51.3 cm³/mol. The number of halogens is 1. The fraction of sp³-hybridized carbons (Fsp3) is 0.250. The fourth-order valence-corrected chi connectivity index (χ4v) is 1.37. The molecule has 4 nitrogen and oxygen atoms in total. The molecule has 0 amide bonds. The van der Waals surface area contributed by atoms with Crippen LogP contribution in [-0.4, -0.2) is 17.3 Å². The van der Waals surface area contributed by atoms with E-state index in [0.717, 1.165) is 0 Å². The molecule has 72 valence electrons. The third kappa shape index (κ3) is 2.33. The minimum Gasteiger partial charge on any atom is -0.504 e. The summed E-state index contributed by atoms with van der Waals surface area (Å²) in [4.78, 5) is 4.63. The van der Waals surface area contributed by atoms with E-state index in [1.807, 2.05) is 0 Å². The Labute approximate surface area is 84.2 Å². The van der Waals surface area contributed by atoms with Gasteiger partial charge >= 0.3 is 0 Å². The topological polar surface area (TPSA) is 61.7 Å². The quantitative estimate of drug-likeness (QED) is 0.560. The molecule has 0 aliphatic rings. The minimum absolute atomic E-state index is 0.140. The molecule has 13 heavy (non-hydrogen) atoms. The van der Waals surface area contributed by atoms with Crippen molar-refractivity contribution in [3.05, 3.63) is 22.2 Å². The highest BCUT2D eigenvalue weighted by atomic mass is 79.9. The lowest BCUT2D eigenvalue weighted by Crippen LogP contribution is -2.11. The molecule has 0 fully saturated rings. The second-order valence-corrected chi connectivity index (χ2v) is 3.27. The molecule has 0 aliphatic carbocycles. The van der Waals surface area contributed by atoms with Crippen LogP contribution in [0.2, 0.25) is 0 Å². The largest absolute Gasteiger partial charge is 0.504 e. The number of phenols is 2. The Bertz CT molecular complexity index is 304. The maximum Gasteiger partial charge on any atom is 0.163 e. The summed E-state index contributed by atoms with van der Waals surface area (Å²) < 4.78 is 0.715. The van der Waals surface area contributed by atoms with Gasteiger partial charge in [-0.25, -0.2) is 0 Å². The van der Waals surface area contributed by atoms with Gasteiger partial charge in [0.05, 0.1) is 13.7 Å². The highest BCUT2D eigenvalue weighted by molar-refractivity contribution is 9.10. The molecule has 5 heteroatoms. The first-order valence-electron chi connectivity index (χ1n) is 3.62. The SMILES string of the molecule is CONCc1c(Br)ccc(O)c1O. The van der Waals surface area contributed by atoms with E-state index in [4.69, 9.17) is 0 Å². The first-order chi connectivity index (χ1) is 6.16. The smallest absolute Gasteiger partial charge is 0.163 e. The molecule has 0 saturated heterocycles. The van der Waals surface area contributed by atoms with Gasteiger partial charge in [0.1, 0.15) is 0 Å². The van der Waals surface area contributed by atoms with E-state index < -0.39 is 0 Å². The number of nitrogens with one attached hydrogen (secondary N) is 1. The highest BCUT2D eigenvalue weighted by Crippen LogP contribution is 2.33. The second kappa shape index (κ2) is 4.45. The molecule has 0 aliphatic heterocycles. The van der Waals surface area contributed by atoms with Crippen LogP contribution in [0.25, 0.3) is 0 Å². The van der Waals surface area contributed by atoms with Crippen LogP contribution >= 0.6 is 15.9 Å². The summed E-state index contributed by atoms with van der Waals surface area (Å²) in [6, 6.07) is 3.07. The van der Waals surface area contributed by atoms with E-state index >= 15 is 0 Å². The van der Waals surface area contributed by atoms with Crippen LogP contribution in [0, 0.1) is 0 Å². The van der Waals surface area contributed by atoms with Gasteiger partial charge in [-0.15, -0.1) is 0 Å². The van der Waals surface area contributed by atoms with Gasteiger partial charge in [0.25, 0.3) is 0 Å².